The lowest BCUT2D eigenvalue weighted by Crippen LogP contribution is -2.31. The van der Waals surface area contributed by atoms with Crippen molar-refractivity contribution in [2.75, 3.05) is 20.8 Å². The second kappa shape index (κ2) is 10.4. The van der Waals surface area contributed by atoms with Gasteiger partial charge in [-0.25, -0.2) is 0 Å². The van der Waals surface area contributed by atoms with Crippen molar-refractivity contribution in [2.45, 2.75) is 12.5 Å². The molecule has 1 aliphatic heterocycles. The first-order valence-electron chi connectivity index (χ1n) is 11.8. The van der Waals surface area contributed by atoms with E-state index in [9.17, 15) is 14.7 Å². The molecule has 0 bridgehead atoms. The van der Waals surface area contributed by atoms with E-state index in [1.165, 1.54) is 17.0 Å². The molecule has 1 amide bonds. The van der Waals surface area contributed by atoms with Crippen LogP contribution in [-0.4, -0.2) is 47.4 Å². The minimum Gasteiger partial charge on any atom is -0.507 e. The number of fused-ring (bicyclic) bond motifs is 1. The summed E-state index contributed by atoms with van der Waals surface area (Å²) in [5.41, 5.74) is 2.74. The molecular formula is C29H24Cl2N2O5. The van der Waals surface area contributed by atoms with Gasteiger partial charge >= 0.3 is 0 Å². The summed E-state index contributed by atoms with van der Waals surface area (Å²) >= 11 is 12.4. The van der Waals surface area contributed by atoms with E-state index < -0.39 is 17.7 Å². The molecular weight excluding hydrogens is 527 g/mol. The molecule has 1 atom stereocenters. The number of ketones is 1. The van der Waals surface area contributed by atoms with Crippen molar-refractivity contribution in [3.63, 3.8) is 0 Å². The minimum atomic E-state index is -0.826. The number of carbonyl (C=O) groups is 2. The normalized spacial score (nSPS) is 16.8. The van der Waals surface area contributed by atoms with Crippen LogP contribution >= 0.6 is 23.2 Å². The van der Waals surface area contributed by atoms with Crippen molar-refractivity contribution in [3.8, 4) is 11.5 Å². The lowest BCUT2D eigenvalue weighted by atomic mass is 9.95. The van der Waals surface area contributed by atoms with E-state index in [4.69, 9.17) is 32.7 Å². The largest absolute Gasteiger partial charge is 0.507 e. The summed E-state index contributed by atoms with van der Waals surface area (Å²) < 4.78 is 10.6. The number of hydrogen-bond donors (Lipinski definition) is 2. The third-order valence-electron chi connectivity index (χ3n) is 6.75. The van der Waals surface area contributed by atoms with Gasteiger partial charge in [-0.15, -0.1) is 0 Å². The smallest absolute Gasteiger partial charge is 0.295 e. The van der Waals surface area contributed by atoms with Crippen molar-refractivity contribution in [3.05, 3.63) is 99.2 Å². The highest BCUT2D eigenvalue weighted by molar-refractivity contribution is 6.47. The van der Waals surface area contributed by atoms with Crippen LogP contribution in [0.5, 0.6) is 11.5 Å². The Morgan fingerprint density at radius 3 is 2.37 bits per heavy atom. The Morgan fingerprint density at radius 1 is 0.974 bits per heavy atom. The quantitative estimate of drug-likeness (QED) is 0.163. The van der Waals surface area contributed by atoms with Gasteiger partial charge in [0.15, 0.2) is 0 Å². The van der Waals surface area contributed by atoms with Gasteiger partial charge in [0.25, 0.3) is 11.7 Å². The number of H-pyrrole nitrogens is 1. The third kappa shape index (κ3) is 4.59. The Bertz CT molecular complexity index is 1580. The zero-order valence-corrected chi connectivity index (χ0v) is 22.1. The molecule has 0 spiro atoms. The summed E-state index contributed by atoms with van der Waals surface area (Å²) in [6.45, 7) is 0.233. The molecule has 7 nitrogen and oxygen atoms in total. The van der Waals surface area contributed by atoms with Crippen LogP contribution < -0.4 is 9.47 Å². The molecule has 3 aromatic carbocycles. The van der Waals surface area contributed by atoms with E-state index in [-0.39, 0.29) is 28.5 Å². The van der Waals surface area contributed by atoms with Gasteiger partial charge in [0, 0.05) is 34.2 Å². The number of ether oxygens (including phenoxy) is 2. The number of carbonyl (C=O) groups excluding carboxylic acids is 2. The van der Waals surface area contributed by atoms with Crippen LogP contribution in [0.2, 0.25) is 10.0 Å². The minimum absolute atomic E-state index is 0.0371. The number of aromatic nitrogens is 1. The number of halogens is 2. The molecule has 1 aliphatic rings. The molecule has 2 heterocycles. The topological polar surface area (TPSA) is 91.9 Å². The molecule has 2 N–H and O–H groups in total. The Kier molecular flexibility index (Phi) is 7.06. The molecule has 0 saturated carbocycles. The number of hydrogen-bond acceptors (Lipinski definition) is 5. The van der Waals surface area contributed by atoms with Crippen LogP contribution in [0, 0.1) is 0 Å². The number of aliphatic hydroxyl groups excluding tert-OH is 1. The predicted octanol–water partition coefficient (Wildman–Crippen LogP) is 6.16. The van der Waals surface area contributed by atoms with Crippen molar-refractivity contribution < 1.29 is 24.2 Å². The van der Waals surface area contributed by atoms with Gasteiger partial charge in [-0.3, -0.25) is 9.59 Å². The van der Waals surface area contributed by atoms with E-state index in [0.717, 1.165) is 22.2 Å². The van der Waals surface area contributed by atoms with Gasteiger partial charge in [0.1, 0.15) is 17.3 Å². The molecule has 0 radical (unpaired) electrons. The zero-order valence-electron chi connectivity index (χ0n) is 20.6. The summed E-state index contributed by atoms with van der Waals surface area (Å²) in [4.78, 5) is 31.4. The fraction of sp³-hybridized carbons (Fsp3) is 0.172. The average Bonchev–Trinajstić information content (AvgIpc) is 3.44. The van der Waals surface area contributed by atoms with Crippen LogP contribution in [0.15, 0.2) is 72.4 Å². The van der Waals surface area contributed by atoms with Crippen molar-refractivity contribution >= 4 is 51.6 Å². The van der Waals surface area contributed by atoms with E-state index in [2.05, 4.69) is 4.98 Å². The monoisotopic (exact) mass is 550 g/mol. The van der Waals surface area contributed by atoms with E-state index in [1.54, 1.807) is 44.6 Å². The number of rotatable bonds is 7. The Balaban J connectivity index is 1.57. The van der Waals surface area contributed by atoms with Crippen molar-refractivity contribution in [1.29, 1.82) is 0 Å². The number of Topliss-reactive ketones (excluding diaryl/α,β-unsaturated/α-hetero) is 1. The van der Waals surface area contributed by atoms with Crippen LogP contribution in [0.1, 0.15) is 22.7 Å². The summed E-state index contributed by atoms with van der Waals surface area (Å²) in [5, 5.41) is 12.8. The first kappa shape index (κ1) is 25.7. The van der Waals surface area contributed by atoms with Crippen molar-refractivity contribution in [1.82, 2.24) is 9.88 Å². The predicted molar refractivity (Wildman–Crippen MR) is 147 cm³/mol. The van der Waals surface area contributed by atoms with Crippen LogP contribution in [-0.2, 0) is 16.0 Å². The molecule has 1 fully saturated rings. The molecule has 5 rings (SSSR count). The molecule has 9 heteroatoms. The number of amides is 1. The van der Waals surface area contributed by atoms with Gasteiger partial charge in [-0.05, 0) is 66.1 Å². The lowest BCUT2D eigenvalue weighted by molar-refractivity contribution is -0.139. The first-order chi connectivity index (χ1) is 18.3. The first-order valence-corrected chi connectivity index (χ1v) is 12.6. The van der Waals surface area contributed by atoms with E-state index >= 15 is 0 Å². The van der Waals surface area contributed by atoms with Gasteiger partial charge in [0.05, 0.1) is 30.9 Å². The fourth-order valence-electron chi connectivity index (χ4n) is 4.80. The molecule has 194 valence electrons. The van der Waals surface area contributed by atoms with Gasteiger partial charge in [-0.1, -0.05) is 35.3 Å². The van der Waals surface area contributed by atoms with Crippen LogP contribution in [0.25, 0.3) is 16.7 Å². The van der Waals surface area contributed by atoms with Crippen LogP contribution in [0.3, 0.4) is 0 Å². The van der Waals surface area contributed by atoms with E-state index in [1.807, 2.05) is 24.4 Å². The molecule has 1 saturated heterocycles. The van der Waals surface area contributed by atoms with E-state index in [0.29, 0.717) is 22.8 Å². The zero-order chi connectivity index (χ0) is 27.0. The second-order valence-electron chi connectivity index (χ2n) is 8.87. The fourth-order valence-corrected chi connectivity index (χ4v) is 5.30. The maximum atomic E-state index is 13.3. The van der Waals surface area contributed by atoms with Gasteiger partial charge in [-0.2, -0.15) is 0 Å². The highest BCUT2D eigenvalue weighted by Crippen LogP contribution is 2.41. The number of nitrogens with zero attached hydrogens (tertiary/aromatic N) is 1. The lowest BCUT2D eigenvalue weighted by Gasteiger charge is -2.25. The summed E-state index contributed by atoms with van der Waals surface area (Å²) in [5.74, 6) is -0.494. The number of nitrogens with one attached hydrogen (secondary N) is 1. The summed E-state index contributed by atoms with van der Waals surface area (Å²) in [6.07, 6.45) is 2.35. The Morgan fingerprint density at radius 2 is 1.68 bits per heavy atom. The highest BCUT2D eigenvalue weighted by Gasteiger charge is 2.46. The molecule has 0 unspecified atom stereocenters. The average molecular weight is 551 g/mol. The molecule has 0 aliphatic carbocycles. The maximum absolute atomic E-state index is 13.3. The molecule has 4 aromatic rings. The van der Waals surface area contributed by atoms with Crippen molar-refractivity contribution in [2.24, 2.45) is 0 Å². The molecule has 1 aromatic heterocycles. The maximum Gasteiger partial charge on any atom is 0.295 e. The van der Waals surface area contributed by atoms with Gasteiger partial charge in [0.2, 0.25) is 0 Å². The molecule has 38 heavy (non-hydrogen) atoms. The summed E-state index contributed by atoms with van der Waals surface area (Å²) in [6, 6.07) is 16.5. The van der Waals surface area contributed by atoms with Crippen LogP contribution in [0.4, 0.5) is 0 Å². The Labute approximate surface area is 229 Å². The van der Waals surface area contributed by atoms with Gasteiger partial charge < -0.3 is 24.5 Å². The SMILES string of the molecule is COc1ccc([C@H]2C(=C(O)c3ccc(Cl)cc3Cl)C(=O)C(=O)N2CCc2c[nH]c3ccc(OC)cc23)cc1. The highest BCUT2D eigenvalue weighted by atomic mass is 35.5. The standard InChI is InChI=1S/C29H24Cl2N2O5/c1-37-19-6-3-16(4-7-19)26-25(27(34)21-9-5-18(30)13-23(21)31)28(35)29(36)33(26)12-11-17-15-32-24-10-8-20(38-2)14-22(17)24/h3-10,13-15,26,32,34H,11-12H2,1-2H3/t26-/m0/s1. The Hall–Kier alpha value is -3.94. The number of aromatic amines is 1. The summed E-state index contributed by atoms with van der Waals surface area (Å²) in [7, 11) is 3.16. The second-order valence-corrected chi connectivity index (χ2v) is 9.71. The third-order valence-corrected chi connectivity index (χ3v) is 7.30. The number of likely N-dealkylation sites (tertiary alicyclic amines) is 1. The number of methoxy groups -OCH3 is 2. The number of benzene rings is 3. The number of aliphatic hydroxyl groups is 1.